The van der Waals surface area contributed by atoms with Gasteiger partial charge in [-0.15, -0.1) is 0 Å². The monoisotopic (exact) mass is 311 g/mol. The van der Waals surface area contributed by atoms with Crippen LogP contribution in [0.1, 0.15) is 40.0 Å². The Morgan fingerprint density at radius 3 is 2.43 bits per heavy atom. The number of carbonyl (C=O) groups excluding carboxylic acids is 1. The summed E-state index contributed by atoms with van der Waals surface area (Å²) >= 11 is 0. The van der Waals surface area contributed by atoms with Gasteiger partial charge in [0.15, 0.2) is 15.4 Å². The van der Waals surface area contributed by atoms with E-state index in [-0.39, 0.29) is 16.6 Å². The first-order valence-electron chi connectivity index (χ1n) is 7.25. The van der Waals surface area contributed by atoms with Crippen molar-refractivity contribution >= 4 is 21.4 Å². The van der Waals surface area contributed by atoms with E-state index in [0.717, 1.165) is 0 Å². The standard InChI is InChI=1S/C15H21NO4S/c1-4-9-21(18,19)11-7-8-13-12(10-11)16-14(17)15(5-2,6-3)20-13/h7-8,10H,4-6,9H2,1-3H3,(H,16,17). The lowest BCUT2D eigenvalue weighted by Gasteiger charge is -2.36. The zero-order valence-corrected chi connectivity index (χ0v) is 13.4. The van der Waals surface area contributed by atoms with Crippen molar-refractivity contribution in [1.29, 1.82) is 0 Å². The Morgan fingerprint density at radius 2 is 1.86 bits per heavy atom. The van der Waals surface area contributed by atoms with Crippen molar-refractivity contribution in [3.63, 3.8) is 0 Å². The number of sulfone groups is 1. The molecule has 1 aliphatic heterocycles. The molecule has 1 aromatic rings. The van der Waals surface area contributed by atoms with E-state index in [2.05, 4.69) is 5.32 Å². The summed E-state index contributed by atoms with van der Waals surface area (Å²) < 4.78 is 30.0. The number of anilines is 1. The summed E-state index contributed by atoms with van der Waals surface area (Å²) in [5, 5.41) is 2.78. The van der Waals surface area contributed by atoms with Crippen molar-refractivity contribution in [2.75, 3.05) is 11.1 Å². The summed E-state index contributed by atoms with van der Waals surface area (Å²) in [4.78, 5) is 12.5. The minimum Gasteiger partial charge on any atom is -0.475 e. The molecule has 1 heterocycles. The van der Waals surface area contributed by atoms with Gasteiger partial charge >= 0.3 is 0 Å². The summed E-state index contributed by atoms with van der Waals surface area (Å²) in [5.74, 6) is 0.396. The lowest BCUT2D eigenvalue weighted by Crippen LogP contribution is -2.49. The third-order valence-electron chi connectivity index (χ3n) is 3.89. The lowest BCUT2D eigenvalue weighted by molar-refractivity contribution is -0.133. The molecular formula is C15H21NO4S. The fraction of sp³-hybridized carbons (Fsp3) is 0.533. The van der Waals surface area contributed by atoms with Crippen LogP contribution in [0.25, 0.3) is 0 Å². The molecule has 1 N–H and O–H groups in total. The smallest absolute Gasteiger partial charge is 0.268 e. The van der Waals surface area contributed by atoms with Crippen molar-refractivity contribution in [2.24, 2.45) is 0 Å². The molecule has 5 nitrogen and oxygen atoms in total. The van der Waals surface area contributed by atoms with Gasteiger partial charge in [-0.25, -0.2) is 8.42 Å². The second-order valence-electron chi connectivity index (χ2n) is 5.23. The highest BCUT2D eigenvalue weighted by molar-refractivity contribution is 7.91. The van der Waals surface area contributed by atoms with E-state index in [0.29, 0.717) is 30.7 Å². The SMILES string of the molecule is CCCS(=O)(=O)c1ccc2c(c1)NC(=O)C(CC)(CC)O2. The Morgan fingerprint density at radius 1 is 1.19 bits per heavy atom. The van der Waals surface area contributed by atoms with E-state index in [1.165, 1.54) is 12.1 Å². The maximum absolute atomic E-state index is 12.2. The Labute approximate surface area is 125 Å². The average molecular weight is 311 g/mol. The summed E-state index contributed by atoms with van der Waals surface area (Å²) in [7, 11) is -3.31. The largest absolute Gasteiger partial charge is 0.475 e. The number of carbonyl (C=O) groups is 1. The first kappa shape index (κ1) is 15.8. The van der Waals surface area contributed by atoms with Crippen molar-refractivity contribution in [1.82, 2.24) is 0 Å². The fourth-order valence-electron chi connectivity index (χ4n) is 2.48. The van der Waals surface area contributed by atoms with Crippen LogP contribution in [0.4, 0.5) is 5.69 Å². The Bertz CT molecular complexity index is 648. The molecule has 0 bridgehead atoms. The molecule has 1 amide bonds. The predicted octanol–water partition coefficient (Wildman–Crippen LogP) is 2.76. The molecule has 0 aliphatic carbocycles. The van der Waals surface area contributed by atoms with Crippen LogP contribution in [0.5, 0.6) is 5.75 Å². The van der Waals surface area contributed by atoms with Gasteiger partial charge < -0.3 is 10.1 Å². The maximum Gasteiger partial charge on any atom is 0.268 e. The van der Waals surface area contributed by atoms with Gasteiger partial charge in [0.25, 0.3) is 5.91 Å². The number of nitrogens with one attached hydrogen (secondary N) is 1. The lowest BCUT2D eigenvalue weighted by atomic mass is 9.94. The summed E-state index contributed by atoms with van der Waals surface area (Å²) in [6, 6.07) is 4.64. The molecule has 0 fully saturated rings. The van der Waals surface area contributed by atoms with E-state index in [9.17, 15) is 13.2 Å². The van der Waals surface area contributed by atoms with Crippen LogP contribution in [0.15, 0.2) is 23.1 Å². The van der Waals surface area contributed by atoms with Crippen LogP contribution in [-0.4, -0.2) is 25.7 Å². The molecule has 0 saturated heterocycles. The van der Waals surface area contributed by atoms with Gasteiger partial charge in [-0.1, -0.05) is 20.8 Å². The fourth-order valence-corrected chi connectivity index (χ4v) is 3.83. The Balaban J connectivity index is 2.41. The third kappa shape index (κ3) is 2.77. The number of hydrogen-bond acceptors (Lipinski definition) is 4. The molecule has 0 unspecified atom stereocenters. The van der Waals surface area contributed by atoms with E-state index >= 15 is 0 Å². The first-order chi connectivity index (χ1) is 9.88. The van der Waals surface area contributed by atoms with Crippen molar-refractivity contribution in [3.05, 3.63) is 18.2 Å². The number of ether oxygens (including phenoxy) is 1. The van der Waals surface area contributed by atoms with Crippen LogP contribution in [0, 0.1) is 0 Å². The topological polar surface area (TPSA) is 72.5 Å². The third-order valence-corrected chi connectivity index (χ3v) is 5.81. The van der Waals surface area contributed by atoms with Crippen LogP contribution in [-0.2, 0) is 14.6 Å². The summed E-state index contributed by atoms with van der Waals surface area (Å²) in [6.07, 6.45) is 1.67. The predicted molar refractivity (Wildman–Crippen MR) is 81.4 cm³/mol. The zero-order valence-electron chi connectivity index (χ0n) is 12.6. The minimum atomic E-state index is -3.31. The number of amides is 1. The number of benzene rings is 1. The molecule has 0 saturated carbocycles. The minimum absolute atomic E-state index is 0.0917. The normalized spacial score (nSPS) is 16.8. The van der Waals surface area contributed by atoms with Gasteiger partial charge in [-0.05, 0) is 37.5 Å². The molecule has 0 spiro atoms. The maximum atomic E-state index is 12.2. The van der Waals surface area contributed by atoms with Crippen LogP contribution >= 0.6 is 0 Å². The molecule has 0 radical (unpaired) electrons. The molecule has 0 aromatic heterocycles. The van der Waals surface area contributed by atoms with Gasteiger partial charge in [0.1, 0.15) is 5.75 Å². The van der Waals surface area contributed by atoms with Gasteiger partial charge in [-0.2, -0.15) is 0 Å². The van der Waals surface area contributed by atoms with Crippen LogP contribution in [0.3, 0.4) is 0 Å². The number of rotatable bonds is 5. The number of hydrogen-bond donors (Lipinski definition) is 1. The highest BCUT2D eigenvalue weighted by atomic mass is 32.2. The van der Waals surface area contributed by atoms with Crippen molar-refractivity contribution < 1.29 is 17.9 Å². The molecule has 116 valence electrons. The number of fused-ring (bicyclic) bond motifs is 1. The molecule has 2 rings (SSSR count). The molecule has 1 aliphatic rings. The summed E-state index contributed by atoms with van der Waals surface area (Å²) in [5.41, 5.74) is -0.439. The van der Waals surface area contributed by atoms with Gasteiger partial charge in [-0.3, -0.25) is 4.79 Å². The highest BCUT2D eigenvalue weighted by Gasteiger charge is 2.41. The van der Waals surface area contributed by atoms with Crippen LogP contribution in [0.2, 0.25) is 0 Å². The van der Waals surface area contributed by atoms with E-state index < -0.39 is 15.4 Å². The average Bonchev–Trinajstić information content (AvgIpc) is 2.46. The Hall–Kier alpha value is -1.56. The molecular weight excluding hydrogens is 290 g/mol. The molecule has 1 aromatic carbocycles. The van der Waals surface area contributed by atoms with E-state index in [4.69, 9.17) is 4.74 Å². The van der Waals surface area contributed by atoms with Gasteiger partial charge in [0, 0.05) is 0 Å². The Kier molecular flexibility index (Phi) is 4.27. The second kappa shape index (κ2) is 5.67. The highest BCUT2D eigenvalue weighted by Crippen LogP contribution is 2.38. The summed E-state index contributed by atoms with van der Waals surface area (Å²) in [6.45, 7) is 5.61. The molecule has 0 atom stereocenters. The van der Waals surface area contributed by atoms with Crippen molar-refractivity contribution in [2.45, 2.75) is 50.5 Å². The van der Waals surface area contributed by atoms with E-state index in [1.807, 2.05) is 20.8 Å². The van der Waals surface area contributed by atoms with Crippen molar-refractivity contribution in [3.8, 4) is 5.75 Å². The quantitative estimate of drug-likeness (QED) is 0.907. The van der Waals surface area contributed by atoms with E-state index in [1.54, 1.807) is 6.07 Å². The molecule has 6 heteroatoms. The van der Waals surface area contributed by atoms with Gasteiger partial charge in [0.2, 0.25) is 0 Å². The second-order valence-corrected chi connectivity index (χ2v) is 7.34. The van der Waals surface area contributed by atoms with Crippen LogP contribution < -0.4 is 10.1 Å². The first-order valence-corrected chi connectivity index (χ1v) is 8.91. The molecule has 21 heavy (non-hydrogen) atoms. The zero-order chi connectivity index (χ0) is 15.7. The van der Waals surface area contributed by atoms with Gasteiger partial charge in [0.05, 0.1) is 16.3 Å².